The van der Waals surface area contributed by atoms with E-state index in [0.29, 0.717) is 0 Å². The fraction of sp³-hybridized carbons (Fsp3) is 0.500. The lowest BCUT2D eigenvalue weighted by atomic mass is 9.85. The van der Waals surface area contributed by atoms with Crippen molar-refractivity contribution in [3.63, 3.8) is 0 Å². The first kappa shape index (κ1) is 14.4. The number of benzene rings is 1. The molecule has 102 valence electrons. The maximum Gasteiger partial charge on any atom is 0.487 e. The van der Waals surface area contributed by atoms with Gasteiger partial charge in [0.15, 0.2) is 0 Å². The normalized spacial score (nSPS) is 21.8. The minimum absolute atomic E-state index is 0.273. The van der Waals surface area contributed by atoms with Crippen molar-refractivity contribution in [3.8, 4) is 0 Å². The Hall–Kier alpha value is -1.06. The van der Waals surface area contributed by atoms with Gasteiger partial charge in [-0.2, -0.15) is 0 Å². The number of allylic oxidation sites excluding steroid dienone is 1. The summed E-state index contributed by atoms with van der Waals surface area (Å²) < 4.78 is 12.0. The minimum Gasteiger partial charge on any atom is -0.400 e. The molecule has 19 heavy (non-hydrogen) atoms. The molecule has 1 saturated heterocycles. The van der Waals surface area contributed by atoms with Crippen molar-refractivity contribution in [2.75, 3.05) is 0 Å². The monoisotopic (exact) mass is 258 g/mol. The standard InChI is InChI=1S/C16H23BO2/c1-12-8-7-9-14(10-12)13(2)11-17-18-15(3,4)16(5,6)19-17/h7-11H,1-6H3/b13-11-. The van der Waals surface area contributed by atoms with Crippen LogP contribution in [0.25, 0.3) is 5.57 Å². The Morgan fingerprint density at radius 1 is 1.11 bits per heavy atom. The van der Waals surface area contributed by atoms with E-state index in [1.807, 2.05) is 0 Å². The molecule has 0 aliphatic carbocycles. The van der Waals surface area contributed by atoms with Crippen LogP contribution in [0, 0.1) is 6.92 Å². The topological polar surface area (TPSA) is 18.5 Å². The third-order valence-electron chi connectivity index (χ3n) is 4.13. The van der Waals surface area contributed by atoms with E-state index in [1.54, 1.807) is 0 Å². The molecule has 1 fully saturated rings. The maximum atomic E-state index is 5.99. The molecule has 1 aliphatic rings. The molecule has 0 saturated carbocycles. The van der Waals surface area contributed by atoms with Crippen molar-refractivity contribution in [2.45, 2.75) is 52.7 Å². The summed E-state index contributed by atoms with van der Waals surface area (Å²) in [5.41, 5.74) is 3.11. The third kappa shape index (κ3) is 2.93. The van der Waals surface area contributed by atoms with Gasteiger partial charge in [-0.15, -0.1) is 0 Å². The van der Waals surface area contributed by atoms with Gasteiger partial charge in [0.25, 0.3) is 0 Å². The molecule has 1 aliphatic heterocycles. The average Bonchev–Trinajstić information content (AvgIpc) is 2.46. The van der Waals surface area contributed by atoms with Crippen LogP contribution in [0.5, 0.6) is 0 Å². The Kier molecular flexibility index (Phi) is 3.63. The predicted molar refractivity (Wildman–Crippen MR) is 80.9 cm³/mol. The summed E-state index contributed by atoms with van der Waals surface area (Å²) in [5.74, 6) is 2.06. The first-order chi connectivity index (χ1) is 8.71. The van der Waals surface area contributed by atoms with Crippen molar-refractivity contribution in [2.24, 2.45) is 0 Å². The molecular weight excluding hydrogens is 235 g/mol. The molecule has 0 aromatic heterocycles. The molecule has 1 aromatic rings. The highest BCUT2D eigenvalue weighted by atomic mass is 16.7. The Morgan fingerprint density at radius 2 is 1.68 bits per heavy atom. The van der Waals surface area contributed by atoms with Crippen LogP contribution >= 0.6 is 0 Å². The molecule has 0 bridgehead atoms. The van der Waals surface area contributed by atoms with Crippen LogP contribution in [0.3, 0.4) is 0 Å². The van der Waals surface area contributed by atoms with Gasteiger partial charge in [0.2, 0.25) is 0 Å². The van der Waals surface area contributed by atoms with Gasteiger partial charge in [0.1, 0.15) is 0 Å². The van der Waals surface area contributed by atoms with Crippen LogP contribution in [0.15, 0.2) is 30.2 Å². The second-order valence-electron chi connectivity index (χ2n) is 6.34. The quantitative estimate of drug-likeness (QED) is 0.745. The van der Waals surface area contributed by atoms with Crippen LogP contribution in [-0.2, 0) is 9.31 Å². The zero-order valence-electron chi connectivity index (χ0n) is 12.8. The van der Waals surface area contributed by atoms with Gasteiger partial charge in [-0.05, 0) is 47.1 Å². The Balaban J connectivity index is 2.20. The van der Waals surface area contributed by atoms with E-state index >= 15 is 0 Å². The zero-order chi connectivity index (χ0) is 14.3. The summed E-state index contributed by atoms with van der Waals surface area (Å²) in [6.45, 7) is 12.5. The summed E-state index contributed by atoms with van der Waals surface area (Å²) in [7, 11) is -0.273. The molecular formula is C16H23BO2. The first-order valence-corrected chi connectivity index (χ1v) is 6.82. The number of aryl methyl sites for hydroxylation is 1. The Morgan fingerprint density at radius 3 is 2.21 bits per heavy atom. The van der Waals surface area contributed by atoms with E-state index in [4.69, 9.17) is 9.31 Å². The summed E-state index contributed by atoms with van der Waals surface area (Å²) >= 11 is 0. The van der Waals surface area contributed by atoms with Gasteiger partial charge in [0, 0.05) is 0 Å². The largest absolute Gasteiger partial charge is 0.487 e. The zero-order valence-corrected chi connectivity index (χ0v) is 12.8. The highest BCUT2D eigenvalue weighted by Crippen LogP contribution is 2.37. The Bertz CT molecular complexity index is 487. The van der Waals surface area contributed by atoms with Crippen LogP contribution in [0.4, 0.5) is 0 Å². The van der Waals surface area contributed by atoms with Crippen molar-refractivity contribution >= 4 is 12.7 Å². The van der Waals surface area contributed by atoms with E-state index < -0.39 is 0 Å². The van der Waals surface area contributed by atoms with E-state index in [0.717, 1.165) is 0 Å². The summed E-state index contributed by atoms with van der Waals surface area (Å²) in [5, 5.41) is 0. The smallest absolute Gasteiger partial charge is 0.400 e. The molecule has 2 nitrogen and oxygen atoms in total. The lowest BCUT2D eigenvalue weighted by Crippen LogP contribution is -2.41. The van der Waals surface area contributed by atoms with Crippen LogP contribution in [-0.4, -0.2) is 18.3 Å². The number of hydrogen-bond acceptors (Lipinski definition) is 2. The molecule has 3 heteroatoms. The summed E-state index contributed by atoms with van der Waals surface area (Å²) in [4.78, 5) is 0. The minimum atomic E-state index is -0.277. The second kappa shape index (κ2) is 4.80. The van der Waals surface area contributed by atoms with Crippen LogP contribution in [0.1, 0.15) is 45.7 Å². The average molecular weight is 258 g/mol. The number of rotatable bonds is 2. The fourth-order valence-electron chi connectivity index (χ4n) is 2.15. The number of hydrogen-bond donors (Lipinski definition) is 0. The van der Waals surface area contributed by atoms with Gasteiger partial charge in [-0.1, -0.05) is 41.4 Å². The molecule has 0 spiro atoms. The molecule has 1 aromatic carbocycles. The van der Waals surface area contributed by atoms with Gasteiger partial charge in [-0.3, -0.25) is 0 Å². The van der Waals surface area contributed by atoms with Crippen LogP contribution in [0.2, 0.25) is 0 Å². The fourth-order valence-corrected chi connectivity index (χ4v) is 2.15. The lowest BCUT2D eigenvalue weighted by Gasteiger charge is -2.32. The van der Waals surface area contributed by atoms with E-state index in [-0.39, 0.29) is 18.3 Å². The van der Waals surface area contributed by atoms with Gasteiger partial charge in [0.05, 0.1) is 11.2 Å². The summed E-state index contributed by atoms with van der Waals surface area (Å²) in [6, 6.07) is 8.47. The summed E-state index contributed by atoms with van der Waals surface area (Å²) in [6.07, 6.45) is 0. The molecule has 0 radical (unpaired) electrons. The van der Waals surface area contributed by atoms with Crippen molar-refractivity contribution in [3.05, 3.63) is 41.4 Å². The molecule has 0 amide bonds. The molecule has 1 heterocycles. The SMILES string of the molecule is C/C(=C/B1OC(C)(C)C(C)(C)O1)c1cccc(C)c1. The molecule has 0 atom stereocenters. The Labute approximate surface area is 117 Å². The second-order valence-corrected chi connectivity index (χ2v) is 6.34. The van der Waals surface area contributed by atoms with Crippen LogP contribution < -0.4 is 0 Å². The van der Waals surface area contributed by atoms with Gasteiger partial charge in [-0.25, -0.2) is 0 Å². The van der Waals surface area contributed by atoms with E-state index in [9.17, 15) is 0 Å². The van der Waals surface area contributed by atoms with Crippen molar-refractivity contribution in [1.29, 1.82) is 0 Å². The van der Waals surface area contributed by atoms with Crippen molar-refractivity contribution in [1.82, 2.24) is 0 Å². The van der Waals surface area contributed by atoms with E-state index in [1.165, 1.54) is 16.7 Å². The highest BCUT2D eigenvalue weighted by molar-refractivity contribution is 6.53. The third-order valence-corrected chi connectivity index (χ3v) is 4.13. The van der Waals surface area contributed by atoms with E-state index in [2.05, 4.69) is 71.8 Å². The first-order valence-electron chi connectivity index (χ1n) is 6.82. The molecule has 0 N–H and O–H groups in total. The highest BCUT2D eigenvalue weighted by Gasteiger charge is 2.50. The molecule has 2 rings (SSSR count). The van der Waals surface area contributed by atoms with Gasteiger partial charge < -0.3 is 9.31 Å². The van der Waals surface area contributed by atoms with Crippen molar-refractivity contribution < 1.29 is 9.31 Å². The van der Waals surface area contributed by atoms with Gasteiger partial charge >= 0.3 is 7.12 Å². The molecule has 0 unspecified atom stereocenters. The lowest BCUT2D eigenvalue weighted by molar-refractivity contribution is 0.00578. The maximum absolute atomic E-state index is 5.99. The predicted octanol–water partition coefficient (Wildman–Crippen LogP) is 4.03.